The van der Waals surface area contributed by atoms with Gasteiger partial charge in [-0.1, -0.05) is 0 Å². The van der Waals surface area contributed by atoms with E-state index < -0.39 is 0 Å². The number of aromatic nitrogens is 1. The van der Waals surface area contributed by atoms with Gasteiger partial charge in [0.15, 0.2) is 0 Å². The predicted molar refractivity (Wildman–Crippen MR) is 32.8 cm³/mol. The van der Waals surface area contributed by atoms with Gasteiger partial charge in [-0.3, -0.25) is 4.23 Å². The first-order valence-corrected chi connectivity index (χ1v) is 3.01. The molecule has 1 nitrogen and oxygen atoms in total. The lowest BCUT2D eigenvalue weighted by molar-refractivity contribution is -0.519. The van der Waals surface area contributed by atoms with E-state index in [-0.39, 0.29) is 0 Å². The van der Waals surface area contributed by atoms with Gasteiger partial charge in [0, 0.05) is 12.1 Å². The van der Waals surface area contributed by atoms with Gasteiger partial charge >= 0.3 is 10.4 Å². The fraction of sp³-hybridized carbons (Fsp3) is 0. The van der Waals surface area contributed by atoms with E-state index in [4.69, 9.17) is 11.6 Å². The Morgan fingerprint density at radius 3 is 2.62 bits per heavy atom. The first kappa shape index (κ1) is 5.79. The quantitative estimate of drug-likeness (QED) is 0.367. The molecule has 1 heterocycles. The highest BCUT2D eigenvalue weighted by atomic mass is 35.5. The number of pyridine rings is 1. The van der Waals surface area contributed by atoms with Crippen LogP contribution in [0.25, 0.3) is 0 Å². The molecule has 3 radical (unpaired) electrons. The molecule has 3 heteroatoms. The van der Waals surface area contributed by atoms with Crippen LogP contribution >= 0.6 is 11.6 Å². The first-order chi connectivity index (χ1) is 3.80. The highest BCUT2D eigenvalue weighted by molar-refractivity contribution is 6.29. The Balaban J connectivity index is 3.13. The van der Waals surface area contributed by atoms with E-state index in [1.54, 1.807) is 10.3 Å². The van der Waals surface area contributed by atoms with Crippen molar-refractivity contribution in [3.8, 4) is 0 Å². The van der Waals surface area contributed by atoms with E-state index in [2.05, 4.69) is 10.4 Å². The molecule has 0 unspecified atom stereocenters. The Morgan fingerprint density at radius 2 is 2.25 bits per heavy atom. The number of rotatable bonds is 0. The molecule has 0 spiro atoms. The summed E-state index contributed by atoms with van der Waals surface area (Å²) in [7, 11) is 3.23. The van der Waals surface area contributed by atoms with E-state index in [9.17, 15) is 0 Å². The molecule has 0 saturated heterocycles. The molecule has 0 N–H and O–H groups in total. The molecule has 0 amide bonds. The first-order valence-electron chi connectivity index (χ1n) is 2.18. The van der Waals surface area contributed by atoms with Crippen LogP contribution in [0.15, 0.2) is 24.4 Å². The van der Waals surface area contributed by atoms with Crippen LogP contribution in [0.1, 0.15) is 0 Å². The van der Waals surface area contributed by atoms with Crippen LogP contribution in [0, 0.1) is 0 Å². The van der Waals surface area contributed by atoms with E-state index in [0.717, 1.165) is 0 Å². The van der Waals surface area contributed by atoms with Crippen LogP contribution in [-0.2, 0) is 0 Å². The Morgan fingerprint density at radius 1 is 1.50 bits per heavy atom. The molecule has 0 fully saturated rings. The number of halogens is 1. The minimum absolute atomic E-state index is 0.671. The lowest BCUT2D eigenvalue weighted by Crippen LogP contribution is -2.31. The van der Waals surface area contributed by atoms with E-state index in [0.29, 0.717) is 5.15 Å². The van der Waals surface area contributed by atoms with Gasteiger partial charge < -0.3 is 0 Å². The summed E-state index contributed by atoms with van der Waals surface area (Å²) in [4.78, 5) is 0. The molecule has 0 bridgehead atoms. The summed E-state index contributed by atoms with van der Waals surface area (Å²) >= 11 is 5.62. The molecule has 0 aliphatic carbocycles. The van der Waals surface area contributed by atoms with Crippen LogP contribution in [0.3, 0.4) is 0 Å². The summed E-state index contributed by atoms with van der Waals surface area (Å²) < 4.78 is 1.65. The second kappa shape index (κ2) is 2.28. The Bertz CT molecular complexity index is 169. The molecule has 8 heavy (non-hydrogen) atoms. The molecule has 1 aromatic rings. The van der Waals surface area contributed by atoms with Crippen molar-refractivity contribution in [2.45, 2.75) is 0 Å². The maximum Gasteiger partial charge on any atom is 0.558 e. The minimum Gasteiger partial charge on any atom is -0.257 e. The van der Waals surface area contributed by atoms with Gasteiger partial charge in [0.05, 0.1) is 0 Å². The zero-order chi connectivity index (χ0) is 5.98. The summed E-state index contributed by atoms with van der Waals surface area (Å²) in [6, 6.07) is 5.56. The molecule has 0 aliphatic rings. The van der Waals surface area contributed by atoms with Gasteiger partial charge in [0.2, 0.25) is 0 Å². The van der Waals surface area contributed by atoms with Crippen molar-refractivity contribution in [1.29, 1.82) is 0 Å². The second-order valence-corrected chi connectivity index (χ2v) is 2.26. The molecule has 0 aliphatic heterocycles. The molecular weight excluding hydrogens is 138 g/mol. The van der Waals surface area contributed by atoms with Crippen molar-refractivity contribution in [2.75, 3.05) is 0 Å². The highest BCUT2D eigenvalue weighted by Crippen LogP contribution is 1.95. The van der Waals surface area contributed by atoms with Gasteiger partial charge in [0.1, 0.15) is 6.20 Å². The van der Waals surface area contributed by atoms with Crippen molar-refractivity contribution in [3.63, 3.8) is 0 Å². The summed E-state index contributed by atoms with van der Waals surface area (Å²) in [5.41, 5.74) is 0. The van der Waals surface area contributed by atoms with Crippen LogP contribution in [-0.4, -0.2) is 10.4 Å². The summed E-state index contributed by atoms with van der Waals surface area (Å²) in [6.07, 6.45) is 1.82. The molecule has 0 atom stereocenters. The third kappa shape index (κ3) is 1.08. The predicted octanol–water partition coefficient (Wildman–Crippen LogP) is 0.559. The van der Waals surface area contributed by atoms with Gasteiger partial charge in [0.25, 0.3) is 5.15 Å². The van der Waals surface area contributed by atoms with Crippen molar-refractivity contribution in [1.82, 2.24) is 0 Å². The van der Waals surface area contributed by atoms with Gasteiger partial charge in [-0.2, -0.15) is 0 Å². The normalized spacial score (nSPS) is 9.25. The average molecular weight is 142 g/mol. The van der Waals surface area contributed by atoms with Crippen molar-refractivity contribution < 1.29 is 4.23 Å². The maximum absolute atomic E-state index is 5.62. The highest BCUT2D eigenvalue weighted by Gasteiger charge is 1.96. The van der Waals surface area contributed by atoms with Crippen LogP contribution < -0.4 is 4.23 Å². The van der Waals surface area contributed by atoms with Gasteiger partial charge in [-0.25, -0.2) is 0 Å². The number of hydrogen-bond acceptors (Lipinski definition) is 0. The summed E-state index contributed by atoms with van der Waals surface area (Å²) in [6.45, 7) is 0. The minimum atomic E-state index is 0.671. The van der Waals surface area contributed by atoms with Crippen molar-refractivity contribution in [3.05, 3.63) is 29.5 Å². The number of nitrogens with zero attached hydrogens (tertiary/aromatic N) is 1. The monoisotopic (exact) mass is 141 g/mol. The number of hydrogen-bond donors (Lipinski definition) is 0. The van der Waals surface area contributed by atoms with Crippen LogP contribution in [0.5, 0.6) is 0 Å². The second-order valence-electron chi connectivity index (χ2n) is 1.39. The zero-order valence-electron chi connectivity index (χ0n) is 4.13. The van der Waals surface area contributed by atoms with E-state index >= 15 is 0 Å². The fourth-order valence-electron chi connectivity index (χ4n) is 0.422. The largest absolute Gasteiger partial charge is 0.558 e. The molecule has 0 saturated carbocycles. The Labute approximate surface area is 56.4 Å². The van der Waals surface area contributed by atoms with Crippen molar-refractivity contribution in [2.24, 2.45) is 0 Å². The van der Waals surface area contributed by atoms with E-state index in [1.165, 1.54) is 0 Å². The summed E-state index contributed by atoms with van der Waals surface area (Å²) in [5.74, 6) is 0. The van der Waals surface area contributed by atoms with Gasteiger partial charge in [-0.15, -0.1) is 0 Å². The Kier molecular flexibility index (Phi) is 1.65. The lowest BCUT2D eigenvalue weighted by atomic mass is 10.5. The molecular formula is C5H4ClNSi+. The standard InChI is InChI=1S/C5H4ClNSi/c6-5-3-1-2-4-7(5)8/h1-4H/q+1. The van der Waals surface area contributed by atoms with E-state index in [1.807, 2.05) is 18.3 Å². The smallest absolute Gasteiger partial charge is 0.257 e. The summed E-state index contributed by atoms with van der Waals surface area (Å²) in [5, 5.41) is 0.671. The van der Waals surface area contributed by atoms with Gasteiger partial charge in [-0.05, 0) is 17.7 Å². The molecule has 1 aromatic heterocycles. The fourth-order valence-corrected chi connectivity index (χ4v) is 0.712. The molecule has 0 aromatic carbocycles. The lowest BCUT2D eigenvalue weighted by Gasteiger charge is -1.84. The molecule has 1 rings (SSSR count). The third-order valence-corrected chi connectivity index (χ3v) is 1.65. The topological polar surface area (TPSA) is 3.88 Å². The zero-order valence-corrected chi connectivity index (χ0v) is 5.89. The SMILES string of the molecule is [Si][n+]1ccccc1Cl. The average Bonchev–Trinajstić information content (AvgIpc) is 1.77. The van der Waals surface area contributed by atoms with Crippen molar-refractivity contribution >= 4 is 22.0 Å². The van der Waals surface area contributed by atoms with Crippen LogP contribution in [0.4, 0.5) is 0 Å². The molecule has 39 valence electrons. The maximum atomic E-state index is 5.62. The Hall–Kier alpha value is -0.343. The third-order valence-electron chi connectivity index (χ3n) is 0.810. The van der Waals surface area contributed by atoms with Crippen LogP contribution in [0.2, 0.25) is 5.15 Å².